The van der Waals surface area contributed by atoms with Crippen molar-refractivity contribution in [3.8, 4) is 11.5 Å². The third kappa shape index (κ3) is 3.11. The number of fused-ring (bicyclic) bond motifs is 1. The molecular formula is C20H27NO3. The third-order valence-corrected chi connectivity index (χ3v) is 5.73. The van der Waals surface area contributed by atoms with E-state index in [1.54, 1.807) is 0 Å². The second-order valence-corrected chi connectivity index (χ2v) is 7.31. The van der Waals surface area contributed by atoms with E-state index in [0.717, 1.165) is 43.0 Å². The number of piperidine rings is 1. The van der Waals surface area contributed by atoms with Gasteiger partial charge in [0.2, 0.25) is 5.91 Å². The van der Waals surface area contributed by atoms with Crippen LogP contribution in [0.2, 0.25) is 0 Å². The van der Waals surface area contributed by atoms with E-state index < -0.39 is 0 Å². The summed E-state index contributed by atoms with van der Waals surface area (Å²) < 4.78 is 11.4. The van der Waals surface area contributed by atoms with Gasteiger partial charge in [-0.3, -0.25) is 4.79 Å². The van der Waals surface area contributed by atoms with Crippen molar-refractivity contribution in [3.05, 3.63) is 23.8 Å². The Balaban J connectivity index is 1.63. The lowest BCUT2D eigenvalue weighted by Gasteiger charge is -2.33. The SMILES string of the molecule is O=C(C(c1ccc2c(c1)OCCO2)C1CCCC1)N1CCCCC1. The van der Waals surface area contributed by atoms with Crippen molar-refractivity contribution < 1.29 is 14.3 Å². The van der Waals surface area contributed by atoms with Gasteiger partial charge in [0, 0.05) is 13.1 Å². The number of carbonyl (C=O) groups excluding carboxylic acids is 1. The molecule has 4 rings (SSSR count). The summed E-state index contributed by atoms with van der Waals surface area (Å²) in [6, 6.07) is 6.12. The number of ether oxygens (including phenoxy) is 2. The lowest BCUT2D eigenvalue weighted by molar-refractivity contribution is -0.135. The molecule has 2 fully saturated rings. The number of amides is 1. The van der Waals surface area contributed by atoms with Gasteiger partial charge in [0.05, 0.1) is 5.92 Å². The first-order valence-electron chi connectivity index (χ1n) is 9.51. The van der Waals surface area contributed by atoms with E-state index in [0.29, 0.717) is 25.0 Å². The fourth-order valence-electron chi connectivity index (χ4n) is 4.47. The van der Waals surface area contributed by atoms with Crippen LogP contribution >= 0.6 is 0 Å². The Bertz CT molecular complexity index is 589. The summed E-state index contributed by atoms with van der Waals surface area (Å²) >= 11 is 0. The zero-order valence-corrected chi connectivity index (χ0v) is 14.3. The zero-order valence-electron chi connectivity index (χ0n) is 14.3. The molecule has 4 nitrogen and oxygen atoms in total. The predicted octanol–water partition coefficient (Wildman–Crippen LogP) is 3.74. The number of carbonyl (C=O) groups is 1. The van der Waals surface area contributed by atoms with Crippen LogP contribution in [0.5, 0.6) is 11.5 Å². The van der Waals surface area contributed by atoms with Crippen LogP contribution in [0.3, 0.4) is 0 Å². The number of hydrogen-bond donors (Lipinski definition) is 0. The monoisotopic (exact) mass is 329 g/mol. The van der Waals surface area contributed by atoms with Gasteiger partial charge in [-0.1, -0.05) is 18.9 Å². The molecule has 1 saturated heterocycles. The highest BCUT2D eigenvalue weighted by molar-refractivity contribution is 5.84. The highest BCUT2D eigenvalue weighted by Crippen LogP contribution is 2.41. The van der Waals surface area contributed by atoms with Crippen LogP contribution in [0.4, 0.5) is 0 Å². The minimum absolute atomic E-state index is 0.0126. The number of rotatable bonds is 3. The number of nitrogens with zero attached hydrogens (tertiary/aromatic N) is 1. The fraction of sp³-hybridized carbons (Fsp3) is 0.650. The number of hydrogen-bond acceptors (Lipinski definition) is 3. The van der Waals surface area contributed by atoms with Gasteiger partial charge in [0.1, 0.15) is 13.2 Å². The van der Waals surface area contributed by atoms with Gasteiger partial charge < -0.3 is 14.4 Å². The first-order chi connectivity index (χ1) is 11.8. The topological polar surface area (TPSA) is 38.8 Å². The van der Waals surface area contributed by atoms with Gasteiger partial charge in [-0.05, 0) is 55.7 Å². The molecule has 2 heterocycles. The van der Waals surface area contributed by atoms with Crippen LogP contribution in [-0.4, -0.2) is 37.1 Å². The zero-order chi connectivity index (χ0) is 16.4. The molecule has 1 saturated carbocycles. The number of benzene rings is 1. The van der Waals surface area contributed by atoms with E-state index in [-0.39, 0.29) is 5.92 Å². The van der Waals surface area contributed by atoms with Crippen LogP contribution in [0.1, 0.15) is 56.4 Å². The van der Waals surface area contributed by atoms with Crippen molar-refractivity contribution in [2.45, 2.75) is 50.9 Å². The van der Waals surface area contributed by atoms with E-state index >= 15 is 0 Å². The highest BCUT2D eigenvalue weighted by Gasteiger charge is 2.35. The predicted molar refractivity (Wildman–Crippen MR) is 92.6 cm³/mol. The van der Waals surface area contributed by atoms with Gasteiger partial charge in [-0.25, -0.2) is 0 Å². The molecule has 2 aliphatic heterocycles. The van der Waals surface area contributed by atoms with Crippen molar-refractivity contribution in [2.75, 3.05) is 26.3 Å². The summed E-state index contributed by atoms with van der Waals surface area (Å²) in [5.41, 5.74) is 1.11. The van der Waals surface area contributed by atoms with E-state index in [4.69, 9.17) is 9.47 Å². The Kier molecular flexibility index (Phi) is 4.63. The normalized spacial score (nSPS) is 22.4. The van der Waals surface area contributed by atoms with Crippen molar-refractivity contribution in [1.82, 2.24) is 4.90 Å². The van der Waals surface area contributed by atoms with Crippen LogP contribution < -0.4 is 9.47 Å². The minimum atomic E-state index is -0.0126. The van der Waals surface area contributed by atoms with E-state index in [2.05, 4.69) is 17.0 Å². The molecule has 1 unspecified atom stereocenters. The van der Waals surface area contributed by atoms with Gasteiger partial charge >= 0.3 is 0 Å². The standard InChI is InChI=1S/C20H27NO3/c22-20(21-10-4-1-5-11-21)19(15-6-2-3-7-15)16-8-9-17-18(14-16)24-13-12-23-17/h8-9,14-15,19H,1-7,10-13H2. The third-order valence-electron chi connectivity index (χ3n) is 5.73. The van der Waals surface area contributed by atoms with Crippen molar-refractivity contribution in [3.63, 3.8) is 0 Å². The highest BCUT2D eigenvalue weighted by atomic mass is 16.6. The Morgan fingerprint density at radius 3 is 2.42 bits per heavy atom. The summed E-state index contributed by atoms with van der Waals surface area (Å²) in [7, 11) is 0. The second-order valence-electron chi connectivity index (χ2n) is 7.31. The van der Waals surface area contributed by atoms with E-state index in [9.17, 15) is 4.79 Å². The Labute approximate surface area is 144 Å². The maximum Gasteiger partial charge on any atom is 0.230 e. The summed E-state index contributed by atoms with van der Waals surface area (Å²) in [6.07, 6.45) is 8.37. The molecule has 1 amide bonds. The molecule has 1 aliphatic carbocycles. The molecule has 24 heavy (non-hydrogen) atoms. The summed E-state index contributed by atoms with van der Waals surface area (Å²) in [5, 5.41) is 0. The summed E-state index contributed by atoms with van der Waals surface area (Å²) in [4.78, 5) is 15.4. The quantitative estimate of drug-likeness (QED) is 0.848. The van der Waals surface area contributed by atoms with Crippen LogP contribution in [0.25, 0.3) is 0 Å². The Morgan fingerprint density at radius 1 is 0.958 bits per heavy atom. The van der Waals surface area contributed by atoms with Crippen molar-refractivity contribution >= 4 is 5.91 Å². The van der Waals surface area contributed by atoms with Crippen LogP contribution in [-0.2, 0) is 4.79 Å². The minimum Gasteiger partial charge on any atom is -0.486 e. The van der Waals surface area contributed by atoms with Crippen molar-refractivity contribution in [1.29, 1.82) is 0 Å². The van der Waals surface area contributed by atoms with E-state index in [1.807, 2.05) is 6.07 Å². The molecular weight excluding hydrogens is 302 g/mol. The molecule has 130 valence electrons. The lowest BCUT2D eigenvalue weighted by Crippen LogP contribution is -2.40. The van der Waals surface area contributed by atoms with Gasteiger partial charge in [0.15, 0.2) is 11.5 Å². The van der Waals surface area contributed by atoms with Crippen molar-refractivity contribution in [2.24, 2.45) is 5.92 Å². The van der Waals surface area contributed by atoms with Crippen LogP contribution in [0, 0.1) is 5.92 Å². The smallest absolute Gasteiger partial charge is 0.230 e. The van der Waals surface area contributed by atoms with Crippen LogP contribution in [0.15, 0.2) is 18.2 Å². The van der Waals surface area contributed by atoms with Gasteiger partial charge in [0.25, 0.3) is 0 Å². The summed E-state index contributed by atoms with van der Waals surface area (Å²) in [5.74, 6) is 2.40. The molecule has 0 N–H and O–H groups in total. The molecule has 0 radical (unpaired) electrons. The molecule has 1 aromatic rings. The molecule has 0 bridgehead atoms. The van der Waals surface area contributed by atoms with E-state index in [1.165, 1.54) is 32.1 Å². The van der Waals surface area contributed by atoms with Gasteiger partial charge in [-0.15, -0.1) is 0 Å². The molecule has 4 heteroatoms. The fourth-order valence-corrected chi connectivity index (χ4v) is 4.47. The molecule has 1 aromatic carbocycles. The first-order valence-corrected chi connectivity index (χ1v) is 9.51. The maximum absolute atomic E-state index is 13.3. The number of likely N-dealkylation sites (tertiary alicyclic amines) is 1. The summed E-state index contributed by atoms with van der Waals surface area (Å²) in [6.45, 7) is 3.04. The Morgan fingerprint density at radius 2 is 1.67 bits per heavy atom. The molecule has 0 spiro atoms. The molecule has 1 atom stereocenters. The average molecular weight is 329 g/mol. The molecule has 3 aliphatic rings. The van der Waals surface area contributed by atoms with Gasteiger partial charge in [-0.2, -0.15) is 0 Å². The maximum atomic E-state index is 13.3. The first kappa shape index (κ1) is 15.8. The Hall–Kier alpha value is -1.71. The molecule has 0 aromatic heterocycles. The lowest BCUT2D eigenvalue weighted by atomic mass is 9.83. The second kappa shape index (κ2) is 7.04. The largest absolute Gasteiger partial charge is 0.486 e. The average Bonchev–Trinajstić information content (AvgIpc) is 3.17.